The summed E-state index contributed by atoms with van der Waals surface area (Å²) in [6.07, 6.45) is 5.38. The van der Waals surface area contributed by atoms with Gasteiger partial charge < -0.3 is 10.2 Å². The highest BCUT2D eigenvalue weighted by Crippen LogP contribution is 2.46. The summed E-state index contributed by atoms with van der Waals surface area (Å²) in [5.41, 5.74) is 6.82. The van der Waals surface area contributed by atoms with Crippen molar-refractivity contribution < 1.29 is 9.59 Å². The van der Waals surface area contributed by atoms with E-state index in [0.717, 1.165) is 64.9 Å². The van der Waals surface area contributed by atoms with Crippen molar-refractivity contribution in [1.29, 1.82) is 0 Å². The Bertz CT molecular complexity index is 1550. The lowest BCUT2D eigenvalue weighted by atomic mass is 9.90. The zero-order valence-corrected chi connectivity index (χ0v) is 24.3. The van der Waals surface area contributed by atoms with E-state index in [4.69, 9.17) is 0 Å². The average Bonchev–Trinajstić information content (AvgIpc) is 3.30. The van der Waals surface area contributed by atoms with Gasteiger partial charge in [0.2, 0.25) is 5.91 Å². The fourth-order valence-electron chi connectivity index (χ4n) is 6.30. The van der Waals surface area contributed by atoms with E-state index in [2.05, 4.69) is 5.32 Å². The van der Waals surface area contributed by atoms with Gasteiger partial charge in [-0.2, -0.15) is 0 Å². The molecule has 1 atom stereocenters. The summed E-state index contributed by atoms with van der Waals surface area (Å²) in [4.78, 5) is 32.8. The maximum Gasteiger partial charge on any atom is 0.260 e. The van der Waals surface area contributed by atoms with Crippen LogP contribution in [-0.4, -0.2) is 32.0 Å². The molecule has 0 bridgehead atoms. The van der Waals surface area contributed by atoms with E-state index in [1.807, 2.05) is 128 Å². The summed E-state index contributed by atoms with van der Waals surface area (Å²) in [7, 11) is 3.99. The normalized spacial score (nSPS) is 15.7. The van der Waals surface area contributed by atoms with Gasteiger partial charge in [-0.15, -0.1) is 0 Å². The van der Waals surface area contributed by atoms with Crippen LogP contribution in [0.1, 0.15) is 60.4 Å². The molecule has 42 heavy (non-hydrogen) atoms. The Morgan fingerprint density at radius 2 is 1.33 bits per heavy atom. The number of amides is 2. The van der Waals surface area contributed by atoms with Gasteiger partial charge in [0.1, 0.15) is 6.04 Å². The molecule has 1 N–H and O–H groups in total. The Morgan fingerprint density at radius 1 is 0.762 bits per heavy atom. The van der Waals surface area contributed by atoms with Crippen LogP contribution in [0.3, 0.4) is 0 Å². The van der Waals surface area contributed by atoms with Gasteiger partial charge in [0.25, 0.3) is 5.91 Å². The third kappa shape index (κ3) is 5.35. The van der Waals surface area contributed by atoms with E-state index in [-0.39, 0.29) is 17.9 Å². The third-order valence-electron chi connectivity index (χ3n) is 8.42. The molecule has 0 aromatic heterocycles. The molecule has 2 aliphatic rings. The number of carbonyl (C=O) groups excluding carboxylic acids is 2. The molecule has 2 amide bonds. The van der Waals surface area contributed by atoms with Gasteiger partial charge in [-0.3, -0.25) is 14.5 Å². The van der Waals surface area contributed by atoms with E-state index in [9.17, 15) is 9.59 Å². The van der Waals surface area contributed by atoms with E-state index in [1.54, 1.807) is 4.90 Å². The smallest absolute Gasteiger partial charge is 0.260 e. The van der Waals surface area contributed by atoms with Crippen LogP contribution in [0.25, 0.3) is 11.1 Å². The van der Waals surface area contributed by atoms with Crippen molar-refractivity contribution >= 4 is 34.3 Å². The maximum absolute atomic E-state index is 14.8. The van der Waals surface area contributed by atoms with E-state index in [0.29, 0.717) is 5.57 Å². The number of nitrogens with zero attached hydrogens (tertiary/aromatic N) is 2. The molecule has 1 saturated carbocycles. The van der Waals surface area contributed by atoms with Gasteiger partial charge in [0.05, 0.1) is 11.3 Å². The van der Waals surface area contributed by atoms with E-state index in [1.165, 1.54) is 6.42 Å². The Morgan fingerprint density at radius 3 is 1.93 bits per heavy atom. The largest absolute Gasteiger partial charge is 0.378 e. The minimum atomic E-state index is -0.804. The molecule has 5 heteroatoms. The lowest BCUT2D eigenvalue weighted by Crippen LogP contribution is -2.46. The minimum absolute atomic E-state index is 0.127. The number of nitrogens with one attached hydrogen (secondary N) is 1. The average molecular weight is 556 g/mol. The van der Waals surface area contributed by atoms with Gasteiger partial charge in [0, 0.05) is 37.0 Å². The fraction of sp³-hybridized carbons (Fsp3) is 0.243. The molecular weight excluding hydrogens is 518 g/mol. The molecule has 4 aromatic rings. The van der Waals surface area contributed by atoms with Gasteiger partial charge in [-0.25, -0.2) is 0 Å². The molecule has 0 saturated heterocycles. The molecular formula is C37H37N3O2. The minimum Gasteiger partial charge on any atom is -0.378 e. The van der Waals surface area contributed by atoms with E-state index >= 15 is 0 Å². The Balaban J connectivity index is 1.52. The van der Waals surface area contributed by atoms with Crippen LogP contribution in [-0.2, 0) is 9.59 Å². The zero-order chi connectivity index (χ0) is 29.1. The molecule has 1 aliphatic carbocycles. The summed E-state index contributed by atoms with van der Waals surface area (Å²) in [5, 5.41) is 3.33. The molecule has 1 fully saturated rings. The van der Waals surface area contributed by atoms with Crippen molar-refractivity contribution in [3.8, 4) is 0 Å². The number of carbonyl (C=O) groups is 2. The molecule has 6 rings (SSSR count). The van der Waals surface area contributed by atoms with Crippen LogP contribution in [0.4, 0.5) is 11.4 Å². The Hall–Kier alpha value is -4.64. The van der Waals surface area contributed by atoms with E-state index < -0.39 is 6.04 Å². The Kier molecular flexibility index (Phi) is 7.91. The zero-order valence-electron chi connectivity index (χ0n) is 24.3. The van der Waals surface area contributed by atoms with Gasteiger partial charge in [0.15, 0.2) is 0 Å². The van der Waals surface area contributed by atoms with Crippen molar-refractivity contribution in [3.63, 3.8) is 0 Å². The summed E-state index contributed by atoms with van der Waals surface area (Å²) in [6, 6.07) is 35.3. The predicted octanol–water partition coefficient (Wildman–Crippen LogP) is 7.25. The number of hydrogen-bond acceptors (Lipinski definition) is 3. The highest BCUT2D eigenvalue weighted by atomic mass is 16.2. The second-order valence-corrected chi connectivity index (χ2v) is 11.4. The van der Waals surface area contributed by atoms with Crippen LogP contribution in [0.5, 0.6) is 0 Å². The second kappa shape index (κ2) is 12.1. The highest BCUT2D eigenvalue weighted by molar-refractivity contribution is 6.39. The van der Waals surface area contributed by atoms with Crippen molar-refractivity contribution in [1.82, 2.24) is 5.32 Å². The first-order valence-electron chi connectivity index (χ1n) is 14.9. The molecule has 0 radical (unpaired) electrons. The highest BCUT2D eigenvalue weighted by Gasteiger charge is 2.42. The summed E-state index contributed by atoms with van der Waals surface area (Å²) in [6.45, 7) is 0. The SMILES string of the molecule is CN(C)c1ccc(C(C(=O)NC2CCCCC2)N2C(=O)C(=C(c3ccccc3)c3ccccc3)c3ccccc32)cc1. The van der Waals surface area contributed by atoms with Crippen LogP contribution in [0.2, 0.25) is 0 Å². The number of para-hydroxylation sites is 1. The topological polar surface area (TPSA) is 52.7 Å². The lowest BCUT2D eigenvalue weighted by Gasteiger charge is -2.31. The quantitative estimate of drug-likeness (QED) is 0.245. The standard InChI is InChI=1S/C37H37N3O2/c1-39(2)30-24-22-28(23-25-30)35(36(41)38-29-18-10-5-11-19-29)40-32-21-13-12-20-31(32)34(37(40)42)33(26-14-6-3-7-15-26)27-16-8-4-9-17-27/h3-4,6-9,12-17,20-25,29,35H,5,10-11,18-19H2,1-2H3,(H,38,41). The molecule has 1 unspecified atom stereocenters. The van der Waals surface area contributed by atoms with Crippen LogP contribution in [0, 0.1) is 0 Å². The number of hydrogen-bond donors (Lipinski definition) is 1. The molecule has 212 valence electrons. The van der Waals surface area contributed by atoms with Gasteiger partial charge in [-0.05, 0) is 47.7 Å². The first-order valence-corrected chi connectivity index (χ1v) is 14.9. The molecule has 1 heterocycles. The number of rotatable bonds is 7. The first-order chi connectivity index (χ1) is 20.5. The van der Waals surface area contributed by atoms with Crippen molar-refractivity contribution in [3.05, 3.63) is 131 Å². The van der Waals surface area contributed by atoms with Crippen LogP contribution < -0.4 is 15.1 Å². The third-order valence-corrected chi connectivity index (χ3v) is 8.42. The molecule has 4 aromatic carbocycles. The fourth-order valence-corrected chi connectivity index (χ4v) is 6.30. The van der Waals surface area contributed by atoms with Crippen LogP contribution >= 0.6 is 0 Å². The van der Waals surface area contributed by atoms with Crippen molar-refractivity contribution in [2.24, 2.45) is 0 Å². The molecule has 0 spiro atoms. The number of anilines is 2. The van der Waals surface area contributed by atoms with Crippen molar-refractivity contribution in [2.75, 3.05) is 23.9 Å². The number of fused-ring (bicyclic) bond motifs is 1. The molecule has 5 nitrogen and oxygen atoms in total. The second-order valence-electron chi connectivity index (χ2n) is 11.4. The Labute approximate surface area is 248 Å². The van der Waals surface area contributed by atoms with Crippen LogP contribution in [0.15, 0.2) is 109 Å². The summed E-state index contributed by atoms with van der Waals surface area (Å²) in [5.74, 6) is -0.302. The first kappa shape index (κ1) is 27.5. The monoisotopic (exact) mass is 555 g/mol. The molecule has 1 aliphatic heterocycles. The predicted molar refractivity (Wildman–Crippen MR) is 171 cm³/mol. The van der Waals surface area contributed by atoms with Gasteiger partial charge in [-0.1, -0.05) is 110 Å². The van der Waals surface area contributed by atoms with Crippen molar-refractivity contribution in [2.45, 2.75) is 44.2 Å². The lowest BCUT2D eigenvalue weighted by molar-refractivity contribution is -0.125. The summed E-state index contributed by atoms with van der Waals surface area (Å²) < 4.78 is 0. The maximum atomic E-state index is 14.8. The van der Waals surface area contributed by atoms with Gasteiger partial charge >= 0.3 is 0 Å². The number of benzene rings is 4. The summed E-state index contributed by atoms with van der Waals surface area (Å²) >= 11 is 0.